The van der Waals surface area contributed by atoms with Crippen molar-refractivity contribution in [2.75, 3.05) is 6.61 Å². The van der Waals surface area contributed by atoms with Gasteiger partial charge >= 0.3 is 0 Å². The molecule has 0 bridgehead atoms. The van der Waals surface area contributed by atoms with Gasteiger partial charge in [-0.1, -0.05) is 11.6 Å². The molecule has 0 aromatic rings. The zero-order valence-electron chi connectivity index (χ0n) is 8.29. The molecule has 1 aliphatic rings. The van der Waals surface area contributed by atoms with Gasteiger partial charge in [0.05, 0.1) is 17.9 Å². The highest BCUT2D eigenvalue weighted by molar-refractivity contribution is 6.33. The molecular weight excluding hydrogens is 237 g/mol. The van der Waals surface area contributed by atoms with Crippen LogP contribution in [0.1, 0.15) is 6.92 Å². The molecule has 0 aliphatic heterocycles. The molecule has 0 saturated carbocycles. The molecular formula is C10H7ClFNO3. The van der Waals surface area contributed by atoms with Crippen LogP contribution in [-0.4, -0.2) is 24.8 Å². The smallest absolute Gasteiger partial charge is 0.240 e. The van der Waals surface area contributed by atoms with Crippen LogP contribution < -0.4 is 0 Å². The lowest BCUT2D eigenvalue weighted by Gasteiger charge is -2.17. The Hall–Kier alpha value is -1.67. The monoisotopic (exact) mass is 243 g/mol. The third-order valence-electron chi connectivity index (χ3n) is 1.83. The average molecular weight is 244 g/mol. The highest BCUT2D eigenvalue weighted by atomic mass is 35.5. The molecule has 84 valence electrons. The zero-order valence-corrected chi connectivity index (χ0v) is 9.05. The fourth-order valence-electron chi connectivity index (χ4n) is 1.16. The second kappa shape index (κ2) is 5.42. The third-order valence-corrected chi connectivity index (χ3v) is 2.22. The van der Waals surface area contributed by atoms with Crippen LogP contribution in [0, 0.1) is 0 Å². The van der Waals surface area contributed by atoms with Crippen molar-refractivity contribution in [1.82, 2.24) is 0 Å². The summed E-state index contributed by atoms with van der Waals surface area (Å²) in [5, 5.41) is -0.158. The number of alkyl halides is 1. The lowest BCUT2D eigenvalue weighted by Crippen LogP contribution is -2.15. The maximum Gasteiger partial charge on any atom is 0.240 e. The summed E-state index contributed by atoms with van der Waals surface area (Å²) in [4.78, 5) is 23.7. The van der Waals surface area contributed by atoms with Crippen LogP contribution in [0.4, 0.5) is 4.39 Å². The van der Waals surface area contributed by atoms with Gasteiger partial charge in [0.2, 0.25) is 6.08 Å². The minimum atomic E-state index is -1.88. The van der Waals surface area contributed by atoms with Crippen LogP contribution >= 0.6 is 11.6 Å². The Kier molecular flexibility index (Phi) is 4.20. The van der Waals surface area contributed by atoms with E-state index in [1.807, 2.05) is 0 Å². The molecule has 0 amide bonds. The van der Waals surface area contributed by atoms with Gasteiger partial charge in [0.25, 0.3) is 0 Å². The van der Waals surface area contributed by atoms with Crippen LogP contribution in [0.2, 0.25) is 0 Å². The first-order chi connectivity index (χ1) is 7.65. The predicted molar refractivity (Wildman–Crippen MR) is 54.8 cm³/mol. The molecule has 0 saturated heterocycles. The molecule has 0 radical (unpaired) electrons. The summed E-state index contributed by atoms with van der Waals surface area (Å²) in [6.07, 6.45) is 0.468. The number of rotatable bonds is 3. The van der Waals surface area contributed by atoms with Crippen molar-refractivity contribution < 1.29 is 18.7 Å². The molecule has 0 heterocycles. The third kappa shape index (κ3) is 2.28. The van der Waals surface area contributed by atoms with Crippen LogP contribution in [0.3, 0.4) is 0 Å². The Morgan fingerprint density at radius 1 is 1.62 bits per heavy atom. The Morgan fingerprint density at radius 2 is 2.31 bits per heavy atom. The van der Waals surface area contributed by atoms with E-state index in [1.165, 1.54) is 12.0 Å². The Morgan fingerprint density at radius 3 is 2.81 bits per heavy atom. The van der Waals surface area contributed by atoms with Crippen molar-refractivity contribution in [1.29, 1.82) is 0 Å². The van der Waals surface area contributed by atoms with Gasteiger partial charge in [-0.15, -0.1) is 0 Å². The Balaban J connectivity index is 3.29. The molecule has 1 aliphatic carbocycles. The predicted octanol–water partition coefficient (Wildman–Crippen LogP) is 1.80. The standard InChI is InChI=1S/C10H7ClFNO3/c1-2-16-8-3-7(13-5-15)10(12)6(4-14)9(8)11/h3,10H,2H2,1H3. The average Bonchev–Trinajstić information content (AvgIpc) is 2.26. The lowest BCUT2D eigenvalue weighted by atomic mass is 10.0. The van der Waals surface area contributed by atoms with Crippen LogP contribution in [-0.2, 0) is 14.3 Å². The highest BCUT2D eigenvalue weighted by Crippen LogP contribution is 2.33. The first-order valence-corrected chi connectivity index (χ1v) is 4.75. The number of isocyanates is 1. The number of nitrogens with zero attached hydrogens (tertiary/aromatic N) is 1. The second-order valence-corrected chi connectivity index (χ2v) is 3.14. The van der Waals surface area contributed by atoms with Crippen LogP contribution in [0.15, 0.2) is 33.1 Å². The fraction of sp³-hybridized carbons (Fsp3) is 0.300. The molecule has 1 atom stereocenters. The van der Waals surface area contributed by atoms with Crippen molar-refractivity contribution in [2.24, 2.45) is 4.99 Å². The number of hydrogen-bond acceptors (Lipinski definition) is 4. The maximum absolute atomic E-state index is 13.5. The highest BCUT2D eigenvalue weighted by Gasteiger charge is 2.29. The normalized spacial score (nSPS) is 19.8. The second-order valence-electron chi connectivity index (χ2n) is 2.76. The first-order valence-electron chi connectivity index (χ1n) is 4.37. The summed E-state index contributed by atoms with van der Waals surface area (Å²) in [6.45, 7) is 1.97. The minimum absolute atomic E-state index is 0.0883. The molecule has 0 spiro atoms. The number of carbonyl (C=O) groups excluding carboxylic acids is 2. The van der Waals surface area contributed by atoms with Gasteiger partial charge in [-0.05, 0) is 6.92 Å². The molecule has 6 heteroatoms. The summed E-state index contributed by atoms with van der Waals surface area (Å²) in [6, 6.07) is 0. The van der Waals surface area contributed by atoms with Crippen molar-refractivity contribution in [3.8, 4) is 0 Å². The summed E-state index contributed by atoms with van der Waals surface area (Å²) in [7, 11) is 0. The van der Waals surface area contributed by atoms with Crippen molar-refractivity contribution >= 4 is 23.6 Å². The zero-order chi connectivity index (χ0) is 12.1. The van der Waals surface area contributed by atoms with Gasteiger partial charge in [0.1, 0.15) is 16.7 Å². The lowest BCUT2D eigenvalue weighted by molar-refractivity contribution is 0.237. The largest absolute Gasteiger partial charge is 0.492 e. The van der Waals surface area contributed by atoms with E-state index in [-0.39, 0.29) is 23.1 Å². The fourth-order valence-corrected chi connectivity index (χ4v) is 1.40. The van der Waals surface area contributed by atoms with E-state index in [0.29, 0.717) is 0 Å². The molecule has 0 fully saturated rings. The Labute approximate surface area is 95.7 Å². The van der Waals surface area contributed by atoms with E-state index in [1.54, 1.807) is 6.92 Å². The van der Waals surface area contributed by atoms with Gasteiger partial charge in [0.15, 0.2) is 6.17 Å². The SMILES string of the molecule is CCOC1=C(Cl)C(=C=O)C(F)C(N=C=O)=C1. The van der Waals surface area contributed by atoms with Gasteiger partial charge in [-0.3, -0.25) is 0 Å². The first kappa shape index (κ1) is 12.4. The summed E-state index contributed by atoms with van der Waals surface area (Å²) < 4.78 is 18.6. The number of hydrogen-bond donors (Lipinski definition) is 0. The number of allylic oxidation sites excluding steroid dienone is 3. The summed E-state index contributed by atoms with van der Waals surface area (Å²) in [5.74, 6) is 1.46. The molecule has 0 aromatic carbocycles. The van der Waals surface area contributed by atoms with E-state index in [2.05, 4.69) is 4.99 Å². The maximum atomic E-state index is 13.5. The summed E-state index contributed by atoms with van der Waals surface area (Å²) in [5.41, 5.74) is -0.706. The Bertz CT molecular complexity index is 457. The van der Waals surface area contributed by atoms with E-state index >= 15 is 0 Å². The molecule has 0 N–H and O–H groups in total. The molecule has 4 nitrogen and oxygen atoms in total. The van der Waals surface area contributed by atoms with Crippen molar-refractivity contribution in [3.63, 3.8) is 0 Å². The molecule has 16 heavy (non-hydrogen) atoms. The van der Waals surface area contributed by atoms with Gasteiger partial charge < -0.3 is 4.74 Å². The van der Waals surface area contributed by atoms with Gasteiger partial charge in [-0.25, -0.2) is 14.0 Å². The topological polar surface area (TPSA) is 55.7 Å². The van der Waals surface area contributed by atoms with E-state index < -0.39 is 11.7 Å². The molecule has 0 aromatic heterocycles. The van der Waals surface area contributed by atoms with Crippen LogP contribution in [0.25, 0.3) is 0 Å². The van der Waals surface area contributed by atoms with Crippen LogP contribution in [0.5, 0.6) is 0 Å². The molecule has 1 unspecified atom stereocenters. The quantitative estimate of drug-likeness (QED) is 0.431. The van der Waals surface area contributed by atoms with Gasteiger partial charge in [-0.2, -0.15) is 4.99 Å². The van der Waals surface area contributed by atoms with E-state index in [4.69, 9.17) is 16.3 Å². The van der Waals surface area contributed by atoms with E-state index in [9.17, 15) is 14.0 Å². The van der Waals surface area contributed by atoms with Crippen molar-refractivity contribution in [2.45, 2.75) is 13.1 Å². The number of halogens is 2. The van der Waals surface area contributed by atoms with E-state index in [0.717, 1.165) is 6.08 Å². The van der Waals surface area contributed by atoms with Gasteiger partial charge in [0, 0.05) is 6.08 Å². The number of aliphatic imine (C=N–C) groups is 1. The van der Waals surface area contributed by atoms with Crippen molar-refractivity contribution in [3.05, 3.63) is 28.1 Å². The summed E-state index contributed by atoms with van der Waals surface area (Å²) >= 11 is 5.72. The minimum Gasteiger partial charge on any atom is -0.492 e. The number of ether oxygens (including phenoxy) is 1. The molecule has 1 rings (SSSR count).